The van der Waals surface area contributed by atoms with E-state index in [0.717, 1.165) is 18.5 Å². The fraction of sp³-hybridized carbons (Fsp3) is 0.667. The zero-order valence-electron chi connectivity index (χ0n) is 9.66. The third kappa shape index (κ3) is 1.71. The summed E-state index contributed by atoms with van der Waals surface area (Å²) in [6.45, 7) is 4.39. The van der Waals surface area contributed by atoms with Crippen molar-refractivity contribution in [2.24, 2.45) is 18.4 Å². The van der Waals surface area contributed by atoms with Crippen molar-refractivity contribution in [3.63, 3.8) is 0 Å². The average molecular weight is 206 g/mol. The van der Waals surface area contributed by atoms with Crippen molar-refractivity contribution in [1.82, 2.24) is 9.78 Å². The second-order valence-electron chi connectivity index (χ2n) is 5.14. The number of ketones is 1. The molecule has 0 aliphatic heterocycles. The van der Waals surface area contributed by atoms with E-state index >= 15 is 0 Å². The molecule has 2 rings (SSSR count). The molecule has 1 fully saturated rings. The SMILES string of the molecule is Cn1nccc1C(=O)C1CCCC1(C)C. The number of aromatic nitrogens is 2. The van der Waals surface area contributed by atoms with Crippen molar-refractivity contribution in [2.45, 2.75) is 33.1 Å². The lowest BCUT2D eigenvalue weighted by atomic mass is 9.78. The first-order valence-electron chi connectivity index (χ1n) is 5.54. The molecule has 1 aromatic rings. The van der Waals surface area contributed by atoms with Crippen LogP contribution >= 0.6 is 0 Å². The van der Waals surface area contributed by atoms with Crippen LogP contribution in [0.1, 0.15) is 43.6 Å². The van der Waals surface area contributed by atoms with Gasteiger partial charge in [0, 0.05) is 19.2 Å². The van der Waals surface area contributed by atoms with E-state index in [0.29, 0.717) is 0 Å². The second kappa shape index (κ2) is 3.47. The van der Waals surface area contributed by atoms with E-state index in [1.165, 1.54) is 6.42 Å². The molecule has 0 aromatic carbocycles. The molecule has 82 valence electrons. The van der Waals surface area contributed by atoms with Gasteiger partial charge in [0.25, 0.3) is 0 Å². The summed E-state index contributed by atoms with van der Waals surface area (Å²) >= 11 is 0. The van der Waals surface area contributed by atoms with E-state index in [1.807, 2.05) is 13.1 Å². The highest BCUT2D eigenvalue weighted by Gasteiger charge is 2.40. The maximum atomic E-state index is 12.3. The fourth-order valence-electron chi connectivity index (χ4n) is 2.61. The van der Waals surface area contributed by atoms with Crippen molar-refractivity contribution >= 4 is 5.78 Å². The van der Waals surface area contributed by atoms with E-state index in [9.17, 15) is 4.79 Å². The van der Waals surface area contributed by atoms with Crippen molar-refractivity contribution in [3.05, 3.63) is 18.0 Å². The molecule has 0 N–H and O–H groups in total. The van der Waals surface area contributed by atoms with Crippen molar-refractivity contribution in [1.29, 1.82) is 0 Å². The Morgan fingerprint density at radius 1 is 1.60 bits per heavy atom. The minimum atomic E-state index is 0.154. The normalized spacial score (nSPS) is 24.3. The van der Waals surface area contributed by atoms with Gasteiger partial charge in [-0.2, -0.15) is 5.10 Å². The summed E-state index contributed by atoms with van der Waals surface area (Å²) < 4.78 is 1.68. The first-order chi connectivity index (χ1) is 7.02. The molecule has 0 spiro atoms. The fourth-order valence-corrected chi connectivity index (χ4v) is 2.61. The molecule has 1 aromatic heterocycles. The molecule has 1 saturated carbocycles. The van der Waals surface area contributed by atoms with Gasteiger partial charge in [0.15, 0.2) is 5.78 Å². The lowest BCUT2D eigenvalue weighted by Gasteiger charge is -2.25. The molecular formula is C12H18N2O. The maximum absolute atomic E-state index is 12.3. The summed E-state index contributed by atoms with van der Waals surface area (Å²) in [5.74, 6) is 0.436. The summed E-state index contributed by atoms with van der Waals surface area (Å²) in [4.78, 5) is 12.3. The van der Waals surface area contributed by atoms with Crippen LogP contribution in [0.25, 0.3) is 0 Å². The van der Waals surface area contributed by atoms with E-state index < -0.39 is 0 Å². The molecular weight excluding hydrogens is 188 g/mol. The third-order valence-corrected chi connectivity index (χ3v) is 3.65. The van der Waals surface area contributed by atoms with Crippen LogP contribution in [0.15, 0.2) is 12.3 Å². The van der Waals surface area contributed by atoms with Crippen molar-refractivity contribution < 1.29 is 4.79 Å². The zero-order chi connectivity index (χ0) is 11.1. The van der Waals surface area contributed by atoms with Gasteiger partial charge in [-0.25, -0.2) is 0 Å². The molecule has 1 heterocycles. The number of hydrogen-bond acceptors (Lipinski definition) is 2. The smallest absolute Gasteiger partial charge is 0.184 e. The van der Waals surface area contributed by atoms with E-state index in [1.54, 1.807) is 10.9 Å². The van der Waals surface area contributed by atoms with Crippen LogP contribution in [0.3, 0.4) is 0 Å². The predicted octanol–water partition coefficient (Wildman–Crippen LogP) is 2.43. The number of nitrogens with zero attached hydrogens (tertiary/aromatic N) is 2. The molecule has 0 bridgehead atoms. The molecule has 3 nitrogen and oxygen atoms in total. The zero-order valence-corrected chi connectivity index (χ0v) is 9.66. The summed E-state index contributed by atoms with van der Waals surface area (Å²) in [6, 6.07) is 1.82. The van der Waals surface area contributed by atoms with Crippen LogP contribution in [-0.4, -0.2) is 15.6 Å². The highest BCUT2D eigenvalue weighted by Crippen LogP contribution is 2.43. The molecule has 15 heavy (non-hydrogen) atoms. The Balaban J connectivity index is 2.26. The van der Waals surface area contributed by atoms with Crippen LogP contribution in [0.5, 0.6) is 0 Å². The van der Waals surface area contributed by atoms with Crippen LogP contribution in [-0.2, 0) is 7.05 Å². The maximum Gasteiger partial charge on any atom is 0.184 e. The van der Waals surface area contributed by atoms with Gasteiger partial charge in [-0.15, -0.1) is 0 Å². The number of aryl methyl sites for hydroxylation is 1. The molecule has 0 radical (unpaired) electrons. The monoisotopic (exact) mass is 206 g/mol. The number of carbonyl (C=O) groups is 1. The molecule has 3 heteroatoms. The van der Waals surface area contributed by atoms with Gasteiger partial charge in [0.05, 0.1) is 0 Å². The molecule has 0 saturated heterocycles. The molecule has 1 unspecified atom stereocenters. The molecule has 1 aliphatic carbocycles. The predicted molar refractivity (Wildman–Crippen MR) is 58.7 cm³/mol. The van der Waals surface area contributed by atoms with Gasteiger partial charge in [0.1, 0.15) is 5.69 Å². The summed E-state index contributed by atoms with van der Waals surface area (Å²) in [5, 5.41) is 4.05. The number of rotatable bonds is 2. The Labute approximate surface area is 90.5 Å². The lowest BCUT2D eigenvalue weighted by molar-refractivity contribution is 0.0829. The summed E-state index contributed by atoms with van der Waals surface area (Å²) in [7, 11) is 1.83. The van der Waals surface area contributed by atoms with E-state index in [2.05, 4.69) is 18.9 Å². The molecule has 0 amide bonds. The first kappa shape index (κ1) is 10.4. The van der Waals surface area contributed by atoms with Crippen LogP contribution in [0.2, 0.25) is 0 Å². The first-order valence-corrected chi connectivity index (χ1v) is 5.54. The van der Waals surface area contributed by atoms with Gasteiger partial charge >= 0.3 is 0 Å². The summed E-state index contributed by atoms with van der Waals surface area (Å²) in [5.41, 5.74) is 0.899. The standard InChI is InChI=1S/C12H18N2O/c1-12(2)7-4-5-9(12)11(15)10-6-8-13-14(10)3/h6,8-9H,4-5,7H2,1-3H3. The Hall–Kier alpha value is -1.12. The van der Waals surface area contributed by atoms with E-state index in [4.69, 9.17) is 0 Å². The molecule has 1 aliphatic rings. The molecule has 1 atom stereocenters. The Bertz CT molecular complexity index is 379. The Kier molecular flexibility index (Phi) is 2.41. The van der Waals surface area contributed by atoms with Crippen LogP contribution in [0.4, 0.5) is 0 Å². The topological polar surface area (TPSA) is 34.9 Å². The second-order valence-corrected chi connectivity index (χ2v) is 5.14. The minimum absolute atomic E-state index is 0.154. The van der Waals surface area contributed by atoms with Crippen LogP contribution < -0.4 is 0 Å². The van der Waals surface area contributed by atoms with E-state index in [-0.39, 0.29) is 17.1 Å². The van der Waals surface area contributed by atoms with Gasteiger partial charge in [-0.3, -0.25) is 9.48 Å². The number of carbonyl (C=O) groups excluding carboxylic acids is 1. The largest absolute Gasteiger partial charge is 0.292 e. The van der Waals surface area contributed by atoms with Gasteiger partial charge in [0.2, 0.25) is 0 Å². The lowest BCUT2D eigenvalue weighted by Crippen LogP contribution is -2.27. The van der Waals surface area contributed by atoms with Crippen molar-refractivity contribution in [2.75, 3.05) is 0 Å². The number of hydrogen-bond donors (Lipinski definition) is 0. The van der Waals surface area contributed by atoms with Gasteiger partial charge < -0.3 is 0 Å². The Morgan fingerprint density at radius 3 is 2.80 bits per heavy atom. The number of Topliss-reactive ketones (excluding diaryl/α,β-unsaturated/α-hetero) is 1. The quantitative estimate of drug-likeness (QED) is 0.696. The van der Waals surface area contributed by atoms with Crippen LogP contribution in [0, 0.1) is 11.3 Å². The Morgan fingerprint density at radius 2 is 2.33 bits per heavy atom. The summed E-state index contributed by atoms with van der Waals surface area (Å²) in [6.07, 6.45) is 5.04. The van der Waals surface area contributed by atoms with Gasteiger partial charge in [-0.05, 0) is 24.3 Å². The van der Waals surface area contributed by atoms with Crippen molar-refractivity contribution in [3.8, 4) is 0 Å². The third-order valence-electron chi connectivity index (χ3n) is 3.65. The highest BCUT2D eigenvalue weighted by atomic mass is 16.1. The minimum Gasteiger partial charge on any atom is -0.292 e. The average Bonchev–Trinajstić information content (AvgIpc) is 2.70. The van der Waals surface area contributed by atoms with Gasteiger partial charge in [-0.1, -0.05) is 20.3 Å². The highest BCUT2D eigenvalue weighted by molar-refractivity contribution is 5.96.